The summed E-state index contributed by atoms with van der Waals surface area (Å²) in [6.45, 7) is 11.6. The van der Waals surface area contributed by atoms with Gasteiger partial charge in [0.15, 0.2) is 5.54 Å². The number of ether oxygens (including phenoxy) is 2. The molecule has 4 atom stereocenters. The third kappa shape index (κ3) is 15.4. The molecule has 33 heteroatoms. The van der Waals surface area contributed by atoms with Crippen LogP contribution >= 0.6 is 23.5 Å². The highest BCUT2D eigenvalue weighted by molar-refractivity contribution is 7.86. The molecule has 0 aliphatic carbocycles. The lowest BCUT2D eigenvalue weighted by atomic mass is 9.83. The Bertz CT molecular complexity index is 4240. The zero-order valence-corrected chi connectivity index (χ0v) is 51.7. The van der Waals surface area contributed by atoms with Crippen LogP contribution in [0.1, 0.15) is 112 Å². The number of anilines is 1. The van der Waals surface area contributed by atoms with Gasteiger partial charge in [0.2, 0.25) is 11.3 Å². The smallest absolute Gasteiger partial charge is 0.490 e. The van der Waals surface area contributed by atoms with Gasteiger partial charge in [0.1, 0.15) is 35.6 Å². The summed E-state index contributed by atoms with van der Waals surface area (Å²) in [7, 11) is -24.6. The highest BCUT2D eigenvalue weighted by Crippen LogP contribution is 2.66. The largest absolute Gasteiger partial charge is 0.748 e. The minimum Gasteiger partial charge on any atom is -0.748 e. The molecule has 2 unspecified atom stereocenters. The lowest BCUT2D eigenvalue weighted by Crippen LogP contribution is -2.50. The second-order valence-electron chi connectivity index (χ2n) is 21.6. The van der Waals surface area contributed by atoms with E-state index in [1.807, 2.05) is 41.5 Å². The molecule has 0 spiro atoms. The number of H-pyrrole nitrogens is 1. The van der Waals surface area contributed by atoms with E-state index < -0.39 is 108 Å². The van der Waals surface area contributed by atoms with Gasteiger partial charge in [-0.2, -0.15) is 17.0 Å². The average molecular weight is 1290 g/mol. The summed E-state index contributed by atoms with van der Waals surface area (Å²) >= 11 is 0. The Kier molecular flexibility index (Phi) is 18.9. The van der Waals surface area contributed by atoms with E-state index in [1.54, 1.807) is 67.7 Å². The summed E-state index contributed by atoms with van der Waals surface area (Å²) in [5.74, 6) is 3.46. The van der Waals surface area contributed by atoms with Crippen molar-refractivity contribution in [1.29, 1.82) is 0 Å². The van der Waals surface area contributed by atoms with Crippen molar-refractivity contribution in [2.75, 3.05) is 56.2 Å². The van der Waals surface area contributed by atoms with E-state index in [2.05, 4.69) is 44.8 Å². The quantitative estimate of drug-likeness (QED) is 0.0240. The van der Waals surface area contributed by atoms with Gasteiger partial charge in [-0.3, -0.25) is 33.0 Å². The zero-order valence-electron chi connectivity index (χ0n) is 47.4. The van der Waals surface area contributed by atoms with Gasteiger partial charge < -0.3 is 48.7 Å². The molecule has 8 rings (SSSR count). The van der Waals surface area contributed by atoms with Crippen molar-refractivity contribution in [3.05, 3.63) is 132 Å². The molecule has 3 aromatic carbocycles. The average Bonchev–Trinajstić information content (AvgIpc) is 0.799. The molecule has 7 N–H and O–H groups in total. The van der Waals surface area contributed by atoms with Crippen molar-refractivity contribution in [2.24, 2.45) is 0 Å². The van der Waals surface area contributed by atoms with Crippen LogP contribution in [0.5, 0.6) is 11.5 Å². The monoisotopic (exact) mass is 1290 g/mol. The predicted molar refractivity (Wildman–Crippen MR) is 311 cm³/mol. The van der Waals surface area contributed by atoms with Crippen molar-refractivity contribution in [3.63, 3.8) is 0 Å². The Morgan fingerprint density at radius 3 is 2.27 bits per heavy atom. The fourth-order valence-electron chi connectivity index (χ4n) is 11.1. The molecule has 28 nitrogen and oxygen atoms in total. The number of hydrogen-bond donors (Lipinski definition) is 7. The third-order valence-corrected chi connectivity index (χ3v) is 19.6. The number of nitrogens with one attached hydrogen (secondary N) is 2. The number of rotatable bonds is 21. The molecular weight excluding hydrogens is 1230 g/mol. The Morgan fingerprint density at radius 1 is 0.907 bits per heavy atom. The first kappa shape index (κ1) is 65.7. The molecular formula is C53H63N6O22P3S2. The molecule has 0 radical (unpaired) electrons. The molecule has 0 saturated carbocycles. The maximum Gasteiger partial charge on any atom is 0.490 e. The van der Waals surface area contributed by atoms with E-state index in [9.17, 15) is 68.6 Å². The fraction of sp³-hybridized carbons (Fsp3) is 0.415. The van der Waals surface area contributed by atoms with Crippen LogP contribution in [-0.2, 0) is 56.6 Å². The number of aromatic nitrogens is 2. The number of benzene rings is 3. The van der Waals surface area contributed by atoms with Crippen LogP contribution in [0.25, 0.3) is 16.7 Å². The second kappa shape index (κ2) is 24.7. The standard InChI is InChI=1S/C53H63N6O22P3S2/c1-8-58-42-24-44-40(22-38(42)33(26-52(58,3)4)30-85(71,72)73)48(41-23-39-34(31-86(74,75)76)27-53(5,6)59(9-2)43(39)25-45(41)79-44)36-15-10-11-16-37(36)50(62)56(7)21-13-17-46(60)54-20-12-14-32-28-57(51(63)55-49(32)61)47-19-18-35(78-47)29-77-83(67,68)81-84(69,70)80-82(64,65)66/h10-11,15-16,22-28,35,47H,8-9,13,17-21,29-31H2,1-7H3,(H7-,54,55,60,61,63,64,65,66,67,68,69,70,71,72,73,74,75,76)/t35-,47+/m0/s1. The van der Waals surface area contributed by atoms with Crippen LogP contribution < -0.4 is 41.4 Å². The number of phosphoric ester groups is 1. The molecule has 86 heavy (non-hydrogen) atoms. The molecule has 1 fully saturated rings. The van der Waals surface area contributed by atoms with E-state index in [0.29, 0.717) is 74.3 Å². The number of aromatic amines is 1. The van der Waals surface area contributed by atoms with E-state index in [4.69, 9.17) is 19.3 Å². The fourth-order valence-corrected chi connectivity index (χ4v) is 15.4. The van der Waals surface area contributed by atoms with E-state index >= 15 is 0 Å². The first-order chi connectivity index (χ1) is 39.9. The van der Waals surface area contributed by atoms with Crippen molar-refractivity contribution in [2.45, 2.75) is 90.6 Å². The van der Waals surface area contributed by atoms with Crippen molar-refractivity contribution in [3.8, 4) is 23.3 Å². The SMILES string of the molecule is CCN1c2cc3c(cc2C(CS(=O)(=O)[O-])=CC1(C)C)C(c1ccccc1C(=O)N(C)CCCC(=O)NCC#Cc1cn([C@H]2CC[C@@H](COP(=O)(O)OP(=O)(O)OP(=O)(O)O)O2)c(=O)[nH]c1=O)=c1cc2c(cc1O3)=[N+](CC)C(C)(C)C=C2CS(=O)(=O)O. The van der Waals surface area contributed by atoms with Gasteiger partial charge in [-0.1, -0.05) is 36.1 Å². The summed E-state index contributed by atoms with van der Waals surface area (Å²) in [5.41, 5.74) is 0.149. The first-order valence-corrected chi connectivity index (χ1v) is 34.3. The lowest BCUT2D eigenvalue weighted by molar-refractivity contribution is -0.121. The van der Waals surface area contributed by atoms with Gasteiger partial charge in [0, 0.05) is 85.8 Å². The minimum atomic E-state index is -5.76. The van der Waals surface area contributed by atoms with Gasteiger partial charge in [-0.05, 0) is 87.9 Å². The highest BCUT2D eigenvalue weighted by Gasteiger charge is 2.43. The number of phosphoric acid groups is 3. The number of hydrogen-bond acceptors (Lipinski definition) is 18. The summed E-state index contributed by atoms with van der Waals surface area (Å²) < 4.78 is 135. The second-order valence-corrected chi connectivity index (χ2v) is 28.9. The molecule has 464 valence electrons. The van der Waals surface area contributed by atoms with Gasteiger partial charge in [-0.15, -0.1) is 0 Å². The lowest BCUT2D eigenvalue weighted by Gasteiger charge is -2.44. The normalized spacial score (nSPS) is 19.2. The Morgan fingerprint density at radius 2 is 1.60 bits per heavy atom. The van der Waals surface area contributed by atoms with E-state index in [0.717, 1.165) is 10.8 Å². The maximum absolute atomic E-state index is 14.8. The molecule has 4 aliphatic heterocycles. The van der Waals surface area contributed by atoms with Gasteiger partial charge >= 0.3 is 29.2 Å². The van der Waals surface area contributed by atoms with Gasteiger partial charge in [-0.25, -0.2) is 31.5 Å². The summed E-state index contributed by atoms with van der Waals surface area (Å²) in [5, 5.41) is 3.67. The third-order valence-electron chi connectivity index (χ3n) is 14.4. The number of nitrogens with zero attached hydrogens (tertiary/aromatic N) is 4. The molecule has 1 aromatic heterocycles. The number of amides is 2. The summed E-state index contributed by atoms with van der Waals surface area (Å²) in [6.07, 6.45) is 2.78. The molecule has 2 amide bonds. The number of carbonyl (C=O) groups is 2. The summed E-state index contributed by atoms with van der Waals surface area (Å²) in [6, 6.07) is 13.8. The first-order valence-electron chi connectivity index (χ1n) is 26.6. The van der Waals surface area contributed by atoms with E-state index in [1.165, 1.54) is 4.90 Å². The van der Waals surface area contributed by atoms with E-state index in [-0.39, 0.29) is 55.5 Å². The van der Waals surface area contributed by atoms with Crippen LogP contribution in [0.15, 0.2) is 76.5 Å². The number of carbonyl (C=O) groups excluding carboxylic acids is 2. The Balaban J connectivity index is 1.02. The van der Waals surface area contributed by atoms with Crippen LogP contribution in [0.2, 0.25) is 0 Å². The Labute approximate surface area is 493 Å². The summed E-state index contributed by atoms with van der Waals surface area (Å²) in [4.78, 5) is 95.5. The molecule has 5 heterocycles. The van der Waals surface area contributed by atoms with Crippen LogP contribution in [-0.4, -0.2) is 140 Å². The predicted octanol–water partition coefficient (Wildman–Crippen LogP) is 3.05. The Hall–Kier alpha value is -6.22. The molecule has 4 aliphatic rings. The van der Waals surface area contributed by atoms with Crippen molar-refractivity contribution in [1.82, 2.24) is 24.3 Å². The van der Waals surface area contributed by atoms with Crippen LogP contribution in [0.4, 0.5) is 5.69 Å². The molecule has 0 bridgehead atoms. The number of likely N-dealkylation sites (N-methyl/N-ethyl adjacent to an activating group) is 2. The van der Waals surface area contributed by atoms with Crippen LogP contribution in [0, 0.1) is 11.8 Å². The van der Waals surface area contributed by atoms with Crippen molar-refractivity contribution >= 4 is 77.9 Å². The minimum absolute atomic E-state index is 0.0745. The van der Waals surface area contributed by atoms with Crippen molar-refractivity contribution < 1.29 is 91.4 Å². The molecule has 1 saturated heterocycles. The molecule has 4 aromatic rings. The maximum atomic E-state index is 14.8. The van der Waals surface area contributed by atoms with Gasteiger partial charge in [0.25, 0.3) is 21.6 Å². The number of fused-ring (bicyclic) bond motifs is 4. The zero-order chi connectivity index (χ0) is 63.3. The highest BCUT2D eigenvalue weighted by atomic mass is 32.2. The topological polar surface area (TPSA) is 400 Å². The van der Waals surface area contributed by atoms with Crippen LogP contribution in [0.3, 0.4) is 0 Å². The van der Waals surface area contributed by atoms with Gasteiger partial charge in [0.05, 0.1) is 52.3 Å².